The monoisotopic (exact) mass is 238 g/mol. The largest absolute Gasteiger partial charge is 0.393 e. The maximum Gasteiger partial charge on any atom is 0.128 e. The molecule has 17 heavy (non-hydrogen) atoms. The molecule has 0 unspecified atom stereocenters. The van der Waals surface area contributed by atoms with Crippen LogP contribution in [0.15, 0.2) is 18.2 Å². The molecular weight excluding hydrogens is 219 g/mol. The number of rotatable bonds is 3. The van der Waals surface area contributed by atoms with Crippen molar-refractivity contribution in [3.05, 3.63) is 35.1 Å². The molecule has 2 rings (SSSR count). The van der Waals surface area contributed by atoms with E-state index in [1.165, 1.54) is 6.07 Å². The Morgan fingerprint density at radius 1 is 1.35 bits per heavy atom. The van der Waals surface area contributed by atoms with E-state index in [2.05, 4.69) is 4.90 Å². The second kappa shape index (κ2) is 5.58. The molecule has 0 radical (unpaired) electrons. The molecule has 3 nitrogen and oxygen atoms in total. The Hall–Kier alpha value is -0.970. The molecule has 0 saturated carbocycles. The summed E-state index contributed by atoms with van der Waals surface area (Å²) in [5.41, 5.74) is 6.99. The van der Waals surface area contributed by atoms with Gasteiger partial charge in [0.05, 0.1) is 6.10 Å². The van der Waals surface area contributed by atoms with E-state index < -0.39 is 0 Å². The summed E-state index contributed by atoms with van der Waals surface area (Å²) in [5, 5.41) is 9.40. The van der Waals surface area contributed by atoms with Crippen LogP contribution in [-0.2, 0) is 13.1 Å². The standard InChI is InChI=1S/C13H19FN2O/c14-13-7-10(8-15)1-2-11(13)9-16-5-3-12(17)4-6-16/h1-2,7,12,17H,3-6,8-9,15H2. The number of benzene rings is 1. The molecule has 1 aromatic rings. The van der Waals surface area contributed by atoms with Crippen LogP contribution in [0.4, 0.5) is 4.39 Å². The Labute approximate surface area is 101 Å². The van der Waals surface area contributed by atoms with Crippen LogP contribution >= 0.6 is 0 Å². The van der Waals surface area contributed by atoms with Gasteiger partial charge in [0.2, 0.25) is 0 Å². The van der Waals surface area contributed by atoms with Gasteiger partial charge in [-0.15, -0.1) is 0 Å². The lowest BCUT2D eigenvalue weighted by Gasteiger charge is -2.29. The van der Waals surface area contributed by atoms with Gasteiger partial charge < -0.3 is 10.8 Å². The van der Waals surface area contributed by atoms with Crippen LogP contribution in [0.1, 0.15) is 24.0 Å². The molecule has 0 bridgehead atoms. The van der Waals surface area contributed by atoms with Crippen molar-refractivity contribution in [2.45, 2.75) is 32.0 Å². The van der Waals surface area contributed by atoms with Gasteiger partial charge in [-0.3, -0.25) is 4.90 Å². The zero-order chi connectivity index (χ0) is 12.3. The molecule has 3 N–H and O–H groups in total. The fraction of sp³-hybridized carbons (Fsp3) is 0.538. The van der Waals surface area contributed by atoms with Crippen molar-refractivity contribution in [2.75, 3.05) is 13.1 Å². The Balaban J connectivity index is 1.99. The maximum absolute atomic E-state index is 13.7. The zero-order valence-corrected chi connectivity index (χ0v) is 9.90. The highest BCUT2D eigenvalue weighted by Crippen LogP contribution is 2.16. The highest BCUT2D eigenvalue weighted by Gasteiger charge is 2.17. The van der Waals surface area contributed by atoms with Gasteiger partial charge >= 0.3 is 0 Å². The third-order valence-electron chi connectivity index (χ3n) is 3.30. The van der Waals surface area contributed by atoms with Crippen LogP contribution < -0.4 is 5.73 Å². The number of nitrogens with zero attached hydrogens (tertiary/aromatic N) is 1. The van der Waals surface area contributed by atoms with Gasteiger partial charge in [-0.1, -0.05) is 12.1 Å². The highest BCUT2D eigenvalue weighted by atomic mass is 19.1. The number of aliphatic hydroxyl groups is 1. The smallest absolute Gasteiger partial charge is 0.128 e. The lowest BCUT2D eigenvalue weighted by molar-refractivity contribution is 0.0787. The number of nitrogens with two attached hydrogens (primary N) is 1. The molecule has 0 spiro atoms. The van der Waals surface area contributed by atoms with E-state index in [4.69, 9.17) is 5.73 Å². The van der Waals surface area contributed by atoms with E-state index >= 15 is 0 Å². The first kappa shape index (κ1) is 12.5. The summed E-state index contributed by atoms with van der Waals surface area (Å²) in [7, 11) is 0. The van der Waals surface area contributed by atoms with Crippen molar-refractivity contribution in [3.63, 3.8) is 0 Å². The van der Waals surface area contributed by atoms with Gasteiger partial charge in [-0.05, 0) is 24.5 Å². The van der Waals surface area contributed by atoms with Crippen molar-refractivity contribution in [2.24, 2.45) is 5.73 Å². The third kappa shape index (κ3) is 3.25. The summed E-state index contributed by atoms with van der Waals surface area (Å²) in [6.07, 6.45) is 1.38. The van der Waals surface area contributed by atoms with Gasteiger partial charge in [0.15, 0.2) is 0 Å². The third-order valence-corrected chi connectivity index (χ3v) is 3.30. The van der Waals surface area contributed by atoms with E-state index in [9.17, 15) is 9.50 Å². The van der Waals surface area contributed by atoms with Crippen molar-refractivity contribution >= 4 is 0 Å². The van der Waals surface area contributed by atoms with E-state index in [1.807, 2.05) is 12.1 Å². The van der Waals surface area contributed by atoms with E-state index in [1.54, 1.807) is 0 Å². The summed E-state index contributed by atoms with van der Waals surface area (Å²) in [6, 6.07) is 5.19. The van der Waals surface area contributed by atoms with Crippen molar-refractivity contribution in [1.29, 1.82) is 0 Å². The van der Waals surface area contributed by atoms with Crippen molar-refractivity contribution < 1.29 is 9.50 Å². The van der Waals surface area contributed by atoms with Crippen molar-refractivity contribution in [3.8, 4) is 0 Å². The minimum atomic E-state index is -0.185. The minimum absolute atomic E-state index is 0.181. The first-order valence-electron chi connectivity index (χ1n) is 6.07. The number of hydrogen-bond donors (Lipinski definition) is 2. The van der Waals surface area contributed by atoms with E-state index in [-0.39, 0.29) is 11.9 Å². The molecule has 1 saturated heterocycles. The van der Waals surface area contributed by atoms with E-state index in [0.717, 1.165) is 31.5 Å². The number of hydrogen-bond acceptors (Lipinski definition) is 3. The van der Waals surface area contributed by atoms with Crippen LogP contribution in [0.2, 0.25) is 0 Å². The number of piperidine rings is 1. The highest BCUT2D eigenvalue weighted by molar-refractivity contribution is 5.24. The maximum atomic E-state index is 13.7. The van der Waals surface area contributed by atoms with Gasteiger partial charge in [-0.25, -0.2) is 4.39 Å². The van der Waals surface area contributed by atoms with Gasteiger partial charge in [0.25, 0.3) is 0 Å². The summed E-state index contributed by atoms with van der Waals surface area (Å²) in [5.74, 6) is -0.181. The molecule has 1 fully saturated rings. The Morgan fingerprint density at radius 2 is 2.06 bits per heavy atom. The fourth-order valence-corrected chi connectivity index (χ4v) is 2.16. The SMILES string of the molecule is NCc1ccc(CN2CCC(O)CC2)c(F)c1. The predicted octanol–water partition coefficient (Wildman–Crippen LogP) is 1.24. The molecule has 94 valence electrons. The Morgan fingerprint density at radius 3 is 2.65 bits per heavy atom. The Bertz CT molecular complexity index is 376. The Kier molecular flexibility index (Phi) is 4.10. The molecular formula is C13H19FN2O. The summed E-state index contributed by atoms with van der Waals surface area (Å²) < 4.78 is 13.7. The lowest BCUT2D eigenvalue weighted by Crippen LogP contribution is -2.35. The van der Waals surface area contributed by atoms with Gasteiger partial charge in [-0.2, -0.15) is 0 Å². The quantitative estimate of drug-likeness (QED) is 0.833. The molecule has 1 aliphatic rings. The molecule has 0 amide bonds. The molecule has 4 heteroatoms. The zero-order valence-electron chi connectivity index (χ0n) is 9.90. The van der Waals surface area contributed by atoms with Gasteiger partial charge in [0.1, 0.15) is 5.82 Å². The number of likely N-dealkylation sites (tertiary alicyclic amines) is 1. The van der Waals surface area contributed by atoms with Crippen LogP contribution in [0.25, 0.3) is 0 Å². The summed E-state index contributed by atoms with van der Waals surface area (Å²) >= 11 is 0. The average molecular weight is 238 g/mol. The molecule has 0 aliphatic carbocycles. The first-order chi connectivity index (χ1) is 8.19. The second-order valence-electron chi connectivity index (χ2n) is 4.64. The van der Waals surface area contributed by atoms with Crippen LogP contribution in [0, 0.1) is 5.82 Å². The number of aliphatic hydroxyl groups excluding tert-OH is 1. The fourth-order valence-electron chi connectivity index (χ4n) is 2.16. The normalized spacial score (nSPS) is 18.5. The van der Waals surface area contributed by atoms with Crippen LogP contribution in [0.3, 0.4) is 0 Å². The second-order valence-corrected chi connectivity index (χ2v) is 4.64. The van der Waals surface area contributed by atoms with E-state index in [0.29, 0.717) is 18.7 Å². The van der Waals surface area contributed by atoms with Crippen molar-refractivity contribution in [1.82, 2.24) is 4.90 Å². The van der Waals surface area contributed by atoms with Crippen LogP contribution in [0.5, 0.6) is 0 Å². The average Bonchev–Trinajstić information content (AvgIpc) is 2.34. The van der Waals surface area contributed by atoms with Crippen LogP contribution in [-0.4, -0.2) is 29.2 Å². The number of halogens is 1. The van der Waals surface area contributed by atoms with Gasteiger partial charge in [0, 0.05) is 31.7 Å². The topological polar surface area (TPSA) is 49.5 Å². The predicted molar refractivity (Wildman–Crippen MR) is 64.8 cm³/mol. The molecule has 0 aromatic heterocycles. The molecule has 1 aromatic carbocycles. The molecule has 0 atom stereocenters. The molecule has 1 heterocycles. The lowest BCUT2D eigenvalue weighted by atomic mass is 10.1. The first-order valence-corrected chi connectivity index (χ1v) is 6.07. The summed E-state index contributed by atoms with van der Waals surface area (Å²) in [4.78, 5) is 2.17. The molecule has 1 aliphatic heterocycles. The summed E-state index contributed by atoms with van der Waals surface area (Å²) in [6.45, 7) is 2.65. The minimum Gasteiger partial charge on any atom is -0.393 e.